The SMILES string of the molecule is CC(C)(NC(=O)C1(C(F)(F)F)CCNC1)C1CC1. The molecule has 18 heavy (non-hydrogen) atoms. The fourth-order valence-corrected chi connectivity index (χ4v) is 2.58. The number of amides is 1. The number of alkyl halides is 3. The number of carbonyl (C=O) groups is 1. The van der Waals surface area contributed by atoms with Crippen LogP contribution in [0.25, 0.3) is 0 Å². The molecule has 1 saturated carbocycles. The van der Waals surface area contributed by atoms with Crippen LogP contribution >= 0.6 is 0 Å². The van der Waals surface area contributed by atoms with Crippen molar-refractivity contribution in [3.8, 4) is 0 Å². The van der Waals surface area contributed by atoms with Crippen LogP contribution in [0.5, 0.6) is 0 Å². The lowest BCUT2D eigenvalue weighted by molar-refractivity contribution is -0.216. The molecule has 104 valence electrons. The van der Waals surface area contributed by atoms with E-state index in [2.05, 4.69) is 10.6 Å². The Kier molecular flexibility index (Phi) is 3.12. The Labute approximate surface area is 104 Å². The fourth-order valence-electron chi connectivity index (χ4n) is 2.58. The summed E-state index contributed by atoms with van der Waals surface area (Å²) in [6, 6.07) is 0. The molecular formula is C12H19F3N2O. The molecule has 2 N–H and O–H groups in total. The van der Waals surface area contributed by atoms with Crippen molar-refractivity contribution in [3.63, 3.8) is 0 Å². The van der Waals surface area contributed by atoms with Gasteiger partial charge in [0.05, 0.1) is 0 Å². The third kappa shape index (κ3) is 2.22. The molecule has 0 spiro atoms. The highest BCUT2D eigenvalue weighted by atomic mass is 19.4. The van der Waals surface area contributed by atoms with Gasteiger partial charge in [-0.25, -0.2) is 0 Å². The van der Waals surface area contributed by atoms with Gasteiger partial charge in [0.1, 0.15) is 0 Å². The molecule has 1 amide bonds. The Hall–Kier alpha value is -0.780. The molecule has 0 aromatic rings. The molecule has 2 fully saturated rings. The molecule has 6 heteroatoms. The van der Waals surface area contributed by atoms with E-state index in [1.165, 1.54) is 0 Å². The number of halogens is 3. The molecule has 1 aliphatic carbocycles. The monoisotopic (exact) mass is 264 g/mol. The molecule has 1 heterocycles. The van der Waals surface area contributed by atoms with E-state index in [1.54, 1.807) is 13.8 Å². The minimum atomic E-state index is -4.50. The van der Waals surface area contributed by atoms with Crippen LogP contribution in [0.4, 0.5) is 13.2 Å². The van der Waals surface area contributed by atoms with Gasteiger partial charge in [-0.15, -0.1) is 0 Å². The van der Waals surface area contributed by atoms with E-state index in [1.807, 2.05) is 0 Å². The van der Waals surface area contributed by atoms with Crippen LogP contribution in [-0.2, 0) is 4.79 Å². The average Bonchev–Trinajstić information content (AvgIpc) is 2.94. The molecule has 2 aliphatic rings. The highest BCUT2D eigenvalue weighted by Gasteiger charge is 2.62. The fraction of sp³-hybridized carbons (Fsp3) is 0.917. The van der Waals surface area contributed by atoms with Crippen LogP contribution in [0.15, 0.2) is 0 Å². The van der Waals surface area contributed by atoms with Crippen molar-refractivity contribution in [2.45, 2.75) is 44.8 Å². The molecule has 0 aromatic carbocycles. The second-order valence-corrected chi connectivity index (χ2v) is 5.96. The first kappa shape index (κ1) is 13.6. The summed E-state index contributed by atoms with van der Waals surface area (Å²) in [6.45, 7) is 3.52. The Morgan fingerprint density at radius 1 is 1.33 bits per heavy atom. The Balaban J connectivity index is 2.14. The van der Waals surface area contributed by atoms with Crippen molar-refractivity contribution in [1.29, 1.82) is 0 Å². The van der Waals surface area contributed by atoms with E-state index in [4.69, 9.17) is 0 Å². The number of carbonyl (C=O) groups excluding carboxylic acids is 1. The average molecular weight is 264 g/mol. The first-order valence-corrected chi connectivity index (χ1v) is 6.29. The number of nitrogens with one attached hydrogen (secondary N) is 2. The van der Waals surface area contributed by atoms with Crippen LogP contribution in [0, 0.1) is 11.3 Å². The summed E-state index contributed by atoms with van der Waals surface area (Å²) in [5.41, 5.74) is -2.79. The minimum absolute atomic E-state index is 0.178. The van der Waals surface area contributed by atoms with Crippen molar-refractivity contribution in [2.75, 3.05) is 13.1 Å². The highest BCUT2D eigenvalue weighted by molar-refractivity contribution is 5.85. The van der Waals surface area contributed by atoms with Crippen LogP contribution in [-0.4, -0.2) is 30.7 Å². The summed E-state index contributed by atoms with van der Waals surface area (Å²) in [4.78, 5) is 12.1. The molecule has 0 bridgehead atoms. The van der Waals surface area contributed by atoms with Gasteiger partial charge in [-0.05, 0) is 45.6 Å². The van der Waals surface area contributed by atoms with Gasteiger partial charge in [-0.1, -0.05) is 0 Å². The maximum Gasteiger partial charge on any atom is 0.404 e. The van der Waals surface area contributed by atoms with Crippen LogP contribution < -0.4 is 10.6 Å². The Morgan fingerprint density at radius 2 is 1.94 bits per heavy atom. The van der Waals surface area contributed by atoms with E-state index in [0.717, 1.165) is 12.8 Å². The molecule has 1 saturated heterocycles. The quantitative estimate of drug-likeness (QED) is 0.816. The predicted molar refractivity (Wildman–Crippen MR) is 60.9 cm³/mol. The van der Waals surface area contributed by atoms with Gasteiger partial charge in [0, 0.05) is 12.1 Å². The lowest BCUT2D eigenvalue weighted by atomic mass is 9.83. The van der Waals surface area contributed by atoms with Gasteiger partial charge in [0.25, 0.3) is 0 Å². The van der Waals surface area contributed by atoms with Crippen LogP contribution in [0.1, 0.15) is 33.1 Å². The Morgan fingerprint density at radius 3 is 2.33 bits per heavy atom. The van der Waals surface area contributed by atoms with E-state index < -0.39 is 23.0 Å². The lowest BCUT2D eigenvalue weighted by Gasteiger charge is -2.35. The second kappa shape index (κ2) is 4.11. The van der Waals surface area contributed by atoms with Crippen molar-refractivity contribution in [1.82, 2.24) is 10.6 Å². The van der Waals surface area contributed by atoms with Gasteiger partial charge in [-0.3, -0.25) is 4.79 Å². The van der Waals surface area contributed by atoms with Crippen molar-refractivity contribution >= 4 is 5.91 Å². The minimum Gasteiger partial charge on any atom is -0.350 e. The van der Waals surface area contributed by atoms with E-state index >= 15 is 0 Å². The maximum absolute atomic E-state index is 13.2. The normalized spacial score (nSPS) is 29.4. The third-order valence-corrected chi connectivity index (χ3v) is 4.17. The van der Waals surface area contributed by atoms with Crippen LogP contribution in [0.3, 0.4) is 0 Å². The molecule has 1 aliphatic heterocycles. The smallest absolute Gasteiger partial charge is 0.350 e. The molecule has 1 unspecified atom stereocenters. The van der Waals surface area contributed by atoms with E-state index in [-0.39, 0.29) is 19.5 Å². The summed E-state index contributed by atoms with van der Waals surface area (Å²) in [5.74, 6) is -0.571. The number of hydrogen-bond donors (Lipinski definition) is 2. The second-order valence-electron chi connectivity index (χ2n) is 5.96. The van der Waals surface area contributed by atoms with E-state index in [9.17, 15) is 18.0 Å². The van der Waals surface area contributed by atoms with Gasteiger partial charge in [0.15, 0.2) is 5.41 Å². The van der Waals surface area contributed by atoms with Crippen molar-refractivity contribution in [3.05, 3.63) is 0 Å². The van der Waals surface area contributed by atoms with Crippen molar-refractivity contribution in [2.24, 2.45) is 11.3 Å². The summed E-state index contributed by atoms with van der Waals surface area (Å²) in [5, 5.41) is 5.26. The molecule has 0 aromatic heterocycles. The Bertz CT molecular complexity index is 342. The zero-order chi connectivity index (χ0) is 13.6. The van der Waals surface area contributed by atoms with Crippen LogP contribution in [0.2, 0.25) is 0 Å². The predicted octanol–water partition coefficient (Wildman–Crippen LogP) is 1.83. The third-order valence-electron chi connectivity index (χ3n) is 4.17. The summed E-state index contributed by atoms with van der Waals surface area (Å²) in [7, 11) is 0. The number of hydrogen-bond acceptors (Lipinski definition) is 2. The number of rotatable bonds is 3. The van der Waals surface area contributed by atoms with Crippen molar-refractivity contribution < 1.29 is 18.0 Å². The zero-order valence-corrected chi connectivity index (χ0v) is 10.7. The molecule has 3 nitrogen and oxygen atoms in total. The van der Waals surface area contributed by atoms with Gasteiger partial charge < -0.3 is 10.6 Å². The summed E-state index contributed by atoms with van der Waals surface area (Å²) in [6.07, 6.45) is -2.72. The van der Waals surface area contributed by atoms with Gasteiger partial charge in [0.2, 0.25) is 5.91 Å². The largest absolute Gasteiger partial charge is 0.404 e. The van der Waals surface area contributed by atoms with Gasteiger partial charge in [-0.2, -0.15) is 13.2 Å². The molecule has 0 radical (unpaired) electrons. The molecule has 1 atom stereocenters. The van der Waals surface area contributed by atoms with E-state index in [0.29, 0.717) is 5.92 Å². The maximum atomic E-state index is 13.2. The lowest BCUT2D eigenvalue weighted by Crippen LogP contribution is -2.57. The summed E-state index contributed by atoms with van der Waals surface area (Å²) >= 11 is 0. The zero-order valence-electron chi connectivity index (χ0n) is 10.7. The first-order valence-electron chi connectivity index (χ1n) is 6.29. The highest BCUT2D eigenvalue weighted by Crippen LogP contribution is 2.45. The topological polar surface area (TPSA) is 41.1 Å². The molecular weight excluding hydrogens is 245 g/mol. The summed E-state index contributed by atoms with van der Waals surface area (Å²) < 4.78 is 39.5. The van der Waals surface area contributed by atoms with Gasteiger partial charge >= 0.3 is 6.18 Å². The first-order chi connectivity index (χ1) is 8.19. The standard InChI is InChI=1S/C12H19F3N2O/c1-10(2,8-3-4-8)17-9(18)11(12(13,14)15)5-6-16-7-11/h8,16H,3-7H2,1-2H3,(H,17,18). The molecule has 2 rings (SSSR count).